The minimum absolute atomic E-state index is 0.0346. The summed E-state index contributed by atoms with van der Waals surface area (Å²) < 4.78 is 0. The maximum Gasteiger partial charge on any atom is 0.326 e. The lowest BCUT2D eigenvalue weighted by Crippen LogP contribution is -2.43. The van der Waals surface area contributed by atoms with Gasteiger partial charge in [-0.05, 0) is 49.5 Å². The average Bonchev–Trinajstić information content (AvgIpc) is 3.10. The summed E-state index contributed by atoms with van der Waals surface area (Å²) in [5.41, 5.74) is 1.10. The van der Waals surface area contributed by atoms with Crippen molar-refractivity contribution < 1.29 is 14.7 Å². The molecule has 21 heavy (non-hydrogen) atoms. The van der Waals surface area contributed by atoms with Crippen molar-refractivity contribution in [3.63, 3.8) is 0 Å². The van der Waals surface area contributed by atoms with Crippen LogP contribution in [0.25, 0.3) is 0 Å². The van der Waals surface area contributed by atoms with Crippen LogP contribution in [0.4, 0.5) is 0 Å². The van der Waals surface area contributed by atoms with Gasteiger partial charge in [0.05, 0.1) is 0 Å². The smallest absolute Gasteiger partial charge is 0.326 e. The molecule has 0 spiro atoms. The fourth-order valence-corrected chi connectivity index (χ4v) is 3.43. The van der Waals surface area contributed by atoms with Crippen LogP contribution in [-0.2, 0) is 16.0 Å². The second-order valence-electron chi connectivity index (χ2n) is 6.35. The summed E-state index contributed by atoms with van der Waals surface area (Å²) in [6, 6.07) is 8.99. The van der Waals surface area contributed by atoms with Crippen molar-refractivity contribution in [3.8, 4) is 0 Å². The molecule has 2 aliphatic carbocycles. The molecule has 0 saturated heterocycles. The van der Waals surface area contributed by atoms with Gasteiger partial charge in [0.2, 0.25) is 5.91 Å². The summed E-state index contributed by atoms with van der Waals surface area (Å²) >= 11 is 0. The van der Waals surface area contributed by atoms with E-state index in [0.717, 1.165) is 30.2 Å². The van der Waals surface area contributed by atoms with Crippen molar-refractivity contribution >= 4 is 11.9 Å². The summed E-state index contributed by atoms with van der Waals surface area (Å²) in [7, 11) is 0. The number of amides is 1. The van der Waals surface area contributed by atoms with Crippen LogP contribution in [0.15, 0.2) is 30.3 Å². The number of carboxylic acids is 1. The SMILES string of the molecule is O=C(NC(CCc1ccccc1)C(=O)O)C1CC2CC2C1. The summed E-state index contributed by atoms with van der Waals surface area (Å²) in [5, 5.41) is 12.0. The number of benzene rings is 1. The molecule has 1 aromatic carbocycles. The van der Waals surface area contributed by atoms with Gasteiger partial charge in [-0.25, -0.2) is 4.79 Å². The zero-order valence-electron chi connectivity index (χ0n) is 12.0. The average molecular weight is 287 g/mol. The van der Waals surface area contributed by atoms with Crippen LogP contribution in [-0.4, -0.2) is 23.0 Å². The van der Waals surface area contributed by atoms with E-state index < -0.39 is 12.0 Å². The molecule has 112 valence electrons. The zero-order chi connectivity index (χ0) is 14.8. The quantitative estimate of drug-likeness (QED) is 0.843. The third-order valence-corrected chi connectivity index (χ3v) is 4.79. The number of aliphatic carboxylic acids is 1. The fraction of sp³-hybridized carbons (Fsp3) is 0.529. The van der Waals surface area contributed by atoms with Crippen LogP contribution < -0.4 is 5.32 Å². The van der Waals surface area contributed by atoms with Crippen molar-refractivity contribution in [2.45, 2.75) is 38.1 Å². The molecule has 3 unspecified atom stereocenters. The van der Waals surface area contributed by atoms with E-state index >= 15 is 0 Å². The Morgan fingerprint density at radius 2 is 1.81 bits per heavy atom. The Morgan fingerprint density at radius 1 is 1.14 bits per heavy atom. The first kappa shape index (κ1) is 14.1. The molecule has 4 nitrogen and oxygen atoms in total. The highest BCUT2D eigenvalue weighted by Gasteiger charge is 2.48. The molecule has 3 rings (SSSR count). The lowest BCUT2D eigenvalue weighted by molar-refractivity contribution is -0.142. The minimum Gasteiger partial charge on any atom is -0.480 e. The number of nitrogens with one attached hydrogen (secondary N) is 1. The van der Waals surface area contributed by atoms with Crippen LogP contribution in [0.3, 0.4) is 0 Å². The van der Waals surface area contributed by atoms with Gasteiger partial charge >= 0.3 is 5.97 Å². The molecule has 2 aliphatic rings. The molecule has 2 N–H and O–H groups in total. The molecule has 2 fully saturated rings. The van der Waals surface area contributed by atoms with E-state index in [2.05, 4.69) is 5.32 Å². The van der Waals surface area contributed by atoms with Crippen LogP contribution in [0.5, 0.6) is 0 Å². The lowest BCUT2D eigenvalue weighted by Gasteiger charge is -2.18. The molecule has 0 heterocycles. The van der Waals surface area contributed by atoms with Crippen molar-refractivity contribution in [2.75, 3.05) is 0 Å². The van der Waals surface area contributed by atoms with Gasteiger partial charge in [-0.2, -0.15) is 0 Å². The van der Waals surface area contributed by atoms with Crippen LogP contribution in [0.2, 0.25) is 0 Å². The predicted octanol–water partition coefficient (Wildman–Crippen LogP) is 2.23. The predicted molar refractivity (Wildman–Crippen MR) is 78.7 cm³/mol. The zero-order valence-corrected chi connectivity index (χ0v) is 12.0. The van der Waals surface area contributed by atoms with E-state index in [1.807, 2.05) is 30.3 Å². The first-order valence-electron chi connectivity index (χ1n) is 7.70. The molecule has 2 saturated carbocycles. The van der Waals surface area contributed by atoms with Gasteiger partial charge in [0.15, 0.2) is 0 Å². The third kappa shape index (κ3) is 3.43. The second kappa shape index (κ2) is 5.88. The molecular weight excluding hydrogens is 266 g/mol. The first-order chi connectivity index (χ1) is 10.1. The molecule has 0 radical (unpaired) electrons. The first-order valence-corrected chi connectivity index (χ1v) is 7.70. The minimum atomic E-state index is -0.942. The Labute approximate surface area is 124 Å². The number of hydrogen-bond donors (Lipinski definition) is 2. The van der Waals surface area contributed by atoms with E-state index in [-0.39, 0.29) is 11.8 Å². The fourth-order valence-electron chi connectivity index (χ4n) is 3.43. The Hall–Kier alpha value is -1.84. The van der Waals surface area contributed by atoms with Crippen molar-refractivity contribution in [2.24, 2.45) is 17.8 Å². The van der Waals surface area contributed by atoms with Gasteiger partial charge in [-0.15, -0.1) is 0 Å². The highest BCUT2D eigenvalue weighted by molar-refractivity contribution is 5.85. The van der Waals surface area contributed by atoms with Crippen molar-refractivity contribution in [1.29, 1.82) is 0 Å². The summed E-state index contributed by atoms with van der Waals surface area (Å²) in [6.07, 6.45) is 4.25. The second-order valence-corrected chi connectivity index (χ2v) is 6.35. The van der Waals surface area contributed by atoms with Crippen LogP contribution >= 0.6 is 0 Å². The normalized spacial score (nSPS) is 27.7. The molecule has 0 aliphatic heterocycles. The van der Waals surface area contributed by atoms with Gasteiger partial charge < -0.3 is 10.4 Å². The molecule has 0 bridgehead atoms. The molecule has 1 aromatic rings. The molecule has 3 atom stereocenters. The topological polar surface area (TPSA) is 66.4 Å². The number of fused-ring (bicyclic) bond motifs is 1. The molecule has 0 aromatic heterocycles. The highest BCUT2D eigenvalue weighted by atomic mass is 16.4. The van der Waals surface area contributed by atoms with Crippen LogP contribution in [0.1, 0.15) is 31.2 Å². The van der Waals surface area contributed by atoms with E-state index in [1.165, 1.54) is 6.42 Å². The van der Waals surface area contributed by atoms with E-state index in [0.29, 0.717) is 12.8 Å². The number of carbonyl (C=O) groups excluding carboxylic acids is 1. The Kier molecular flexibility index (Phi) is 3.95. The lowest BCUT2D eigenvalue weighted by atomic mass is 10.0. The summed E-state index contributed by atoms with van der Waals surface area (Å²) in [6.45, 7) is 0. The van der Waals surface area contributed by atoms with Gasteiger partial charge in [0.25, 0.3) is 0 Å². The van der Waals surface area contributed by atoms with E-state index in [9.17, 15) is 14.7 Å². The van der Waals surface area contributed by atoms with Crippen LogP contribution in [0, 0.1) is 17.8 Å². The maximum atomic E-state index is 12.2. The van der Waals surface area contributed by atoms with Gasteiger partial charge in [0.1, 0.15) is 6.04 Å². The van der Waals surface area contributed by atoms with Crippen molar-refractivity contribution in [1.82, 2.24) is 5.32 Å². The standard InChI is InChI=1S/C17H21NO3/c19-16(14-9-12-8-13(12)10-14)18-15(17(20)21)7-6-11-4-2-1-3-5-11/h1-5,12-15H,6-10H2,(H,18,19)(H,20,21). The molecule has 4 heteroatoms. The monoisotopic (exact) mass is 287 g/mol. The number of aryl methyl sites for hydroxylation is 1. The van der Waals surface area contributed by atoms with Crippen molar-refractivity contribution in [3.05, 3.63) is 35.9 Å². The third-order valence-electron chi connectivity index (χ3n) is 4.79. The summed E-state index contributed by atoms with van der Waals surface area (Å²) in [5.74, 6) is 0.485. The molecular formula is C17H21NO3. The number of hydrogen-bond acceptors (Lipinski definition) is 2. The van der Waals surface area contributed by atoms with E-state index in [1.54, 1.807) is 0 Å². The Morgan fingerprint density at radius 3 is 2.43 bits per heavy atom. The van der Waals surface area contributed by atoms with E-state index in [4.69, 9.17) is 0 Å². The number of rotatable bonds is 6. The Bertz CT molecular complexity index is 518. The summed E-state index contributed by atoms with van der Waals surface area (Å²) in [4.78, 5) is 23.5. The largest absolute Gasteiger partial charge is 0.480 e. The number of carbonyl (C=O) groups is 2. The maximum absolute atomic E-state index is 12.2. The Balaban J connectivity index is 1.52. The van der Waals surface area contributed by atoms with Gasteiger partial charge in [-0.1, -0.05) is 30.3 Å². The van der Waals surface area contributed by atoms with Gasteiger partial charge in [0, 0.05) is 5.92 Å². The molecule has 1 amide bonds. The number of carboxylic acid groups (broad SMARTS) is 1. The highest BCUT2D eigenvalue weighted by Crippen LogP contribution is 2.54. The van der Waals surface area contributed by atoms with Gasteiger partial charge in [-0.3, -0.25) is 4.79 Å².